The van der Waals surface area contributed by atoms with E-state index in [9.17, 15) is 9.59 Å². The molecule has 0 unspecified atom stereocenters. The molecule has 0 aromatic heterocycles. The van der Waals surface area contributed by atoms with E-state index in [1.165, 1.54) is 6.92 Å². The molecule has 0 fully saturated rings. The molecule has 3 aromatic carbocycles. The molecule has 0 saturated heterocycles. The number of hydrogen-bond acceptors (Lipinski definition) is 2. The number of carbonyl (C=O) groups excluding carboxylic acids is 2. The molecular weight excluding hydrogens is 382 g/mol. The Morgan fingerprint density at radius 1 is 0.897 bits per heavy atom. The Labute approximate surface area is 174 Å². The summed E-state index contributed by atoms with van der Waals surface area (Å²) in [5.41, 5.74) is 4.55. The topological polar surface area (TPSA) is 37.4 Å². The van der Waals surface area contributed by atoms with Crippen LogP contribution in [0.4, 0.5) is 5.69 Å². The summed E-state index contributed by atoms with van der Waals surface area (Å²) in [6.45, 7) is 1.53. The van der Waals surface area contributed by atoms with E-state index >= 15 is 0 Å². The molecule has 0 spiro atoms. The molecule has 1 aliphatic heterocycles. The van der Waals surface area contributed by atoms with Gasteiger partial charge in [0.2, 0.25) is 0 Å². The van der Waals surface area contributed by atoms with Gasteiger partial charge in [0.25, 0.3) is 5.91 Å². The standard InChI is InChI=1S/C25H18ClNO2/c1-17(28)19-9-13-23(14-10-19)27-24(20-5-3-2-4-6-20)16-21(25(27)29)15-18-7-11-22(26)12-8-18/h2-16H,1H3. The van der Waals surface area contributed by atoms with Crippen LogP contribution in [-0.2, 0) is 4.79 Å². The number of anilines is 1. The number of halogens is 1. The summed E-state index contributed by atoms with van der Waals surface area (Å²) in [6, 6.07) is 24.2. The highest BCUT2D eigenvalue weighted by atomic mass is 35.5. The summed E-state index contributed by atoms with van der Waals surface area (Å²) in [5, 5.41) is 0.651. The second kappa shape index (κ2) is 7.90. The molecule has 0 radical (unpaired) electrons. The number of carbonyl (C=O) groups is 2. The minimum absolute atomic E-state index is 0.00792. The number of amides is 1. The molecule has 29 heavy (non-hydrogen) atoms. The third kappa shape index (κ3) is 3.91. The van der Waals surface area contributed by atoms with Crippen molar-refractivity contribution in [2.45, 2.75) is 6.92 Å². The smallest absolute Gasteiger partial charge is 0.262 e. The lowest BCUT2D eigenvalue weighted by Crippen LogP contribution is -2.25. The number of rotatable bonds is 4. The van der Waals surface area contributed by atoms with Gasteiger partial charge in [-0.3, -0.25) is 14.5 Å². The summed E-state index contributed by atoms with van der Waals surface area (Å²) >= 11 is 5.97. The minimum atomic E-state index is -0.116. The van der Waals surface area contributed by atoms with Gasteiger partial charge in [-0.15, -0.1) is 0 Å². The number of benzene rings is 3. The summed E-state index contributed by atoms with van der Waals surface area (Å²) in [7, 11) is 0. The fraction of sp³-hybridized carbons (Fsp3) is 0.0400. The van der Waals surface area contributed by atoms with Gasteiger partial charge in [-0.1, -0.05) is 54.1 Å². The van der Waals surface area contributed by atoms with Gasteiger partial charge < -0.3 is 0 Å². The van der Waals surface area contributed by atoms with Crippen molar-refractivity contribution in [1.82, 2.24) is 0 Å². The predicted molar refractivity (Wildman–Crippen MR) is 118 cm³/mol. The molecule has 1 aliphatic rings. The second-order valence-electron chi connectivity index (χ2n) is 6.79. The maximum Gasteiger partial charge on any atom is 0.262 e. The monoisotopic (exact) mass is 399 g/mol. The van der Waals surface area contributed by atoms with Crippen molar-refractivity contribution in [3.63, 3.8) is 0 Å². The minimum Gasteiger partial charge on any atom is -0.295 e. The normalized spacial score (nSPS) is 15.0. The van der Waals surface area contributed by atoms with E-state index in [1.54, 1.807) is 41.3 Å². The fourth-order valence-corrected chi connectivity index (χ4v) is 3.40. The first kappa shape index (κ1) is 18.9. The average molecular weight is 400 g/mol. The van der Waals surface area contributed by atoms with Gasteiger partial charge in [0, 0.05) is 21.8 Å². The van der Waals surface area contributed by atoms with Crippen LogP contribution in [0.2, 0.25) is 5.02 Å². The summed E-state index contributed by atoms with van der Waals surface area (Å²) < 4.78 is 0. The molecule has 1 amide bonds. The van der Waals surface area contributed by atoms with Gasteiger partial charge in [0.1, 0.15) is 0 Å². The number of ketones is 1. The van der Waals surface area contributed by atoms with Gasteiger partial charge in [0.05, 0.1) is 5.70 Å². The molecular formula is C25H18ClNO2. The number of hydrogen-bond donors (Lipinski definition) is 0. The lowest BCUT2D eigenvalue weighted by atomic mass is 10.1. The highest BCUT2D eigenvalue weighted by molar-refractivity contribution is 6.30. The molecule has 0 aliphatic carbocycles. The van der Waals surface area contributed by atoms with E-state index in [-0.39, 0.29) is 11.7 Å². The van der Waals surface area contributed by atoms with Crippen LogP contribution in [0.1, 0.15) is 28.4 Å². The predicted octanol–water partition coefficient (Wildman–Crippen LogP) is 6.01. The van der Waals surface area contributed by atoms with Crippen LogP contribution in [0.25, 0.3) is 11.8 Å². The third-order valence-electron chi connectivity index (χ3n) is 4.78. The van der Waals surface area contributed by atoms with Crippen LogP contribution >= 0.6 is 11.6 Å². The van der Waals surface area contributed by atoms with Crippen molar-refractivity contribution in [2.75, 3.05) is 4.90 Å². The molecule has 142 valence electrons. The Kier molecular flexibility index (Phi) is 5.15. The fourth-order valence-electron chi connectivity index (χ4n) is 3.28. The van der Waals surface area contributed by atoms with E-state index in [2.05, 4.69) is 0 Å². The number of Topliss-reactive ketones (excluding diaryl/α,β-unsaturated/α-hetero) is 1. The molecule has 3 nitrogen and oxygen atoms in total. The van der Waals surface area contributed by atoms with Crippen molar-refractivity contribution >= 4 is 40.8 Å². The lowest BCUT2D eigenvalue weighted by Gasteiger charge is -2.21. The van der Waals surface area contributed by atoms with Crippen molar-refractivity contribution in [2.24, 2.45) is 0 Å². The summed E-state index contributed by atoms with van der Waals surface area (Å²) in [6.07, 6.45) is 3.75. The summed E-state index contributed by atoms with van der Waals surface area (Å²) in [4.78, 5) is 26.6. The SMILES string of the molecule is CC(=O)c1ccc(N2C(=O)C(=Cc3ccc(Cl)cc3)C=C2c2ccccc2)cc1. The zero-order chi connectivity index (χ0) is 20.4. The third-order valence-corrected chi connectivity index (χ3v) is 5.03. The largest absolute Gasteiger partial charge is 0.295 e. The van der Waals surface area contributed by atoms with Crippen LogP contribution in [0.3, 0.4) is 0 Å². The van der Waals surface area contributed by atoms with Crippen molar-refractivity contribution < 1.29 is 9.59 Å². The first-order valence-electron chi connectivity index (χ1n) is 9.23. The molecule has 4 heteroatoms. The lowest BCUT2D eigenvalue weighted by molar-refractivity contribution is -0.113. The summed E-state index contributed by atoms with van der Waals surface area (Å²) in [5.74, 6) is -0.124. The van der Waals surface area contributed by atoms with Crippen molar-refractivity contribution in [1.29, 1.82) is 0 Å². The van der Waals surface area contributed by atoms with Gasteiger partial charge >= 0.3 is 0 Å². The van der Waals surface area contributed by atoms with Gasteiger partial charge in [0.15, 0.2) is 5.78 Å². The van der Waals surface area contributed by atoms with E-state index in [0.29, 0.717) is 16.2 Å². The highest BCUT2D eigenvalue weighted by Crippen LogP contribution is 2.35. The maximum atomic E-state index is 13.3. The zero-order valence-corrected chi connectivity index (χ0v) is 16.6. The zero-order valence-electron chi connectivity index (χ0n) is 15.8. The average Bonchev–Trinajstić information content (AvgIpc) is 3.06. The Balaban J connectivity index is 1.79. The maximum absolute atomic E-state index is 13.3. The van der Waals surface area contributed by atoms with Crippen LogP contribution in [0, 0.1) is 0 Å². The van der Waals surface area contributed by atoms with Gasteiger partial charge in [-0.25, -0.2) is 0 Å². The number of nitrogens with zero attached hydrogens (tertiary/aromatic N) is 1. The molecule has 0 saturated carbocycles. The Morgan fingerprint density at radius 2 is 1.55 bits per heavy atom. The Hall–Kier alpha value is -3.43. The van der Waals surface area contributed by atoms with Crippen LogP contribution < -0.4 is 4.90 Å². The quantitative estimate of drug-likeness (QED) is 0.397. The first-order valence-corrected chi connectivity index (χ1v) is 9.60. The highest BCUT2D eigenvalue weighted by Gasteiger charge is 2.30. The van der Waals surface area contributed by atoms with Gasteiger partial charge in [-0.05, 0) is 66.6 Å². The molecule has 4 rings (SSSR count). The van der Waals surface area contributed by atoms with E-state index in [1.807, 2.05) is 54.6 Å². The first-order chi connectivity index (χ1) is 14.0. The second-order valence-corrected chi connectivity index (χ2v) is 7.23. The Morgan fingerprint density at radius 3 is 2.17 bits per heavy atom. The molecule has 0 N–H and O–H groups in total. The molecule has 0 atom stereocenters. The van der Waals surface area contributed by atoms with E-state index < -0.39 is 0 Å². The molecule has 1 heterocycles. The van der Waals surface area contributed by atoms with Crippen LogP contribution in [-0.4, -0.2) is 11.7 Å². The van der Waals surface area contributed by atoms with Crippen molar-refractivity contribution in [3.05, 3.63) is 112 Å². The van der Waals surface area contributed by atoms with Gasteiger partial charge in [-0.2, -0.15) is 0 Å². The van der Waals surface area contributed by atoms with Crippen LogP contribution in [0.5, 0.6) is 0 Å². The van der Waals surface area contributed by atoms with E-state index in [4.69, 9.17) is 11.6 Å². The molecule has 0 bridgehead atoms. The van der Waals surface area contributed by atoms with Crippen molar-refractivity contribution in [3.8, 4) is 0 Å². The molecule has 3 aromatic rings. The van der Waals surface area contributed by atoms with Crippen LogP contribution in [0.15, 0.2) is 90.5 Å². The van der Waals surface area contributed by atoms with E-state index in [0.717, 1.165) is 22.5 Å². The Bertz CT molecular complexity index is 1130.